The minimum absolute atomic E-state index is 0.0519. The van der Waals surface area contributed by atoms with Crippen molar-refractivity contribution in [1.82, 2.24) is 14.5 Å². The van der Waals surface area contributed by atoms with Crippen LogP contribution in [-0.4, -0.2) is 14.5 Å². The first kappa shape index (κ1) is 11.1. The van der Waals surface area contributed by atoms with Gasteiger partial charge in [0.25, 0.3) is 0 Å². The molecule has 0 aliphatic carbocycles. The highest BCUT2D eigenvalue weighted by Crippen LogP contribution is 2.28. The van der Waals surface area contributed by atoms with Crippen molar-refractivity contribution in [3.8, 4) is 11.9 Å². The first-order valence-electron chi connectivity index (χ1n) is 4.49. The third kappa shape index (κ3) is 2.10. The van der Waals surface area contributed by atoms with Gasteiger partial charge in [-0.15, -0.1) is 0 Å². The van der Waals surface area contributed by atoms with Crippen LogP contribution in [0.15, 0.2) is 30.9 Å². The second-order valence-corrected chi connectivity index (χ2v) is 3.15. The first-order chi connectivity index (χ1) is 8.02. The normalized spacial score (nSPS) is 11.2. The Morgan fingerprint density at radius 3 is 2.59 bits per heavy atom. The van der Waals surface area contributed by atoms with Crippen LogP contribution in [0.5, 0.6) is 0 Å². The van der Waals surface area contributed by atoms with Gasteiger partial charge < -0.3 is 0 Å². The van der Waals surface area contributed by atoms with E-state index in [1.807, 2.05) is 0 Å². The van der Waals surface area contributed by atoms with Gasteiger partial charge in [0.05, 0.1) is 5.56 Å². The van der Waals surface area contributed by atoms with Crippen LogP contribution >= 0.6 is 0 Å². The highest BCUT2D eigenvalue weighted by atomic mass is 19.4. The lowest BCUT2D eigenvalue weighted by Gasteiger charge is -2.09. The predicted molar refractivity (Wildman–Crippen MR) is 51.1 cm³/mol. The zero-order valence-electron chi connectivity index (χ0n) is 8.31. The lowest BCUT2D eigenvalue weighted by Crippen LogP contribution is -2.11. The van der Waals surface area contributed by atoms with Crippen molar-refractivity contribution in [1.29, 1.82) is 5.26 Å². The molecule has 0 fully saturated rings. The Morgan fingerprint density at radius 1 is 1.29 bits per heavy atom. The Balaban J connectivity index is 2.61. The Morgan fingerprint density at radius 2 is 2.06 bits per heavy atom. The maximum Gasteiger partial charge on any atom is 0.433 e. The molecule has 2 aromatic rings. The smallest absolute Gasteiger partial charge is 0.289 e. The summed E-state index contributed by atoms with van der Waals surface area (Å²) in [5.41, 5.74) is -0.990. The fourth-order valence-electron chi connectivity index (χ4n) is 1.27. The lowest BCUT2D eigenvalue weighted by molar-refractivity contribution is -0.141. The monoisotopic (exact) mass is 238 g/mol. The Kier molecular flexibility index (Phi) is 2.55. The third-order valence-electron chi connectivity index (χ3n) is 2.03. The van der Waals surface area contributed by atoms with Crippen molar-refractivity contribution < 1.29 is 13.2 Å². The number of nitriles is 1. The number of halogens is 3. The topological polar surface area (TPSA) is 54.5 Å². The molecular formula is C10H5F3N4. The molecule has 17 heavy (non-hydrogen) atoms. The lowest BCUT2D eigenvalue weighted by atomic mass is 10.2. The van der Waals surface area contributed by atoms with Gasteiger partial charge in [0, 0.05) is 12.4 Å². The van der Waals surface area contributed by atoms with Gasteiger partial charge in [0.15, 0.2) is 5.82 Å². The van der Waals surface area contributed by atoms with E-state index in [1.54, 1.807) is 6.07 Å². The van der Waals surface area contributed by atoms with Gasteiger partial charge in [-0.3, -0.25) is 4.57 Å². The highest BCUT2D eigenvalue weighted by molar-refractivity contribution is 5.44. The van der Waals surface area contributed by atoms with Crippen LogP contribution in [0.2, 0.25) is 0 Å². The van der Waals surface area contributed by atoms with Crippen LogP contribution in [0.3, 0.4) is 0 Å². The molecule has 7 heteroatoms. The number of pyridine rings is 1. The molecule has 0 spiro atoms. The van der Waals surface area contributed by atoms with Crippen LogP contribution < -0.4 is 0 Å². The van der Waals surface area contributed by atoms with Crippen LogP contribution in [0.4, 0.5) is 13.2 Å². The Hall–Kier alpha value is -2.36. The minimum Gasteiger partial charge on any atom is -0.289 e. The second-order valence-electron chi connectivity index (χ2n) is 3.15. The van der Waals surface area contributed by atoms with Crippen molar-refractivity contribution in [3.63, 3.8) is 0 Å². The van der Waals surface area contributed by atoms with E-state index >= 15 is 0 Å². The maximum atomic E-state index is 12.5. The molecule has 0 aromatic carbocycles. The summed E-state index contributed by atoms with van der Waals surface area (Å²) in [5, 5.41) is 8.81. The molecule has 0 amide bonds. The van der Waals surface area contributed by atoms with E-state index in [-0.39, 0.29) is 11.4 Å². The average Bonchev–Trinajstić information content (AvgIpc) is 2.80. The quantitative estimate of drug-likeness (QED) is 0.764. The maximum absolute atomic E-state index is 12.5. The van der Waals surface area contributed by atoms with Crippen LogP contribution in [0.25, 0.3) is 5.82 Å². The molecule has 0 aliphatic rings. The van der Waals surface area contributed by atoms with Crippen molar-refractivity contribution in [3.05, 3.63) is 42.1 Å². The summed E-state index contributed by atoms with van der Waals surface area (Å²) in [6.45, 7) is 0. The van der Waals surface area contributed by atoms with E-state index < -0.39 is 11.9 Å². The van der Waals surface area contributed by atoms with E-state index in [9.17, 15) is 13.2 Å². The van der Waals surface area contributed by atoms with E-state index in [1.165, 1.54) is 23.3 Å². The zero-order chi connectivity index (χ0) is 12.5. The third-order valence-corrected chi connectivity index (χ3v) is 2.03. The minimum atomic E-state index is -4.54. The van der Waals surface area contributed by atoms with Gasteiger partial charge >= 0.3 is 6.18 Å². The molecule has 2 aromatic heterocycles. The van der Waals surface area contributed by atoms with E-state index in [4.69, 9.17) is 5.26 Å². The molecular weight excluding hydrogens is 233 g/mol. The van der Waals surface area contributed by atoms with Gasteiger partial charge in [-0.05, 0) is 12.1 Å². The molecule has 0 radical (unpaired) electrons. The predicted octanol–water partition coefficient (Wildman–Crippen LogP) is 2.16. The Bertz CT molecular complexity index is 566. The van der Waals surface area contributed by atoms with Gasteiger partial charge in [-0.2, -0.15) is 18.4 Å². The molecule has 2 heterocycles. The number of alkyl halides is 3. The van der Waals surface area contributed by atoms with Gasteiger partial charge in [0.2, 0.25) is 0 Å². The number of imidazole rings is 1. The molecule has 0 saturated heterocycles. The number of hydrogen-bond donors (Lipinski definition) is 0. The van der Waals surface area contributed by atoms with E-state index in [0.717, 1.165) is 12.1 Å². The first-order valence-corrected chi connectivity index (χ1v) is 4.49. The molecule has 0 bridgehead atoms. The summed E-state index contributed by atoms with van der Waals surface area (Å²) < 4.78 is 38.7. The highest BCUT2D eigenvalue weighted by Gasteiger charge is 2.33. The summed E-state index contributed by atoms with van der Waals surface area (Å²) in [6.07, 6.45) is -0.445. The van der Waals surface area contributed by atoms with Crippen LogP contribution in [0, 0.1) is 11.3 Å². The molecule has 86 valence electrons. The molecule has 0 N–H and O–H groups in total. The Labute approximate surface area is 94.0 Å². The molecule has 0 aliphatic heterocycles. The van der Waals surface area contributed by atoms with Crippen molar-refractivity contribution in [2.75, 3.05) is 0 Å². The molecule has 0 atom stereocenters. The van der Waals surface area contributed by atoms with Crippen molar-refractivity contribution in [2.24, 2.45) is 0 Å². The molecule has 0 saturated carbocycles. The average molecular weight is 238 g/mol. The van der Waals surface area contributed by atoms with Crippen LogP contribution in [-0.2, 0) is 6.18 Å². The number of rotatable bonds is 1. The summed E-state index contributed by atoms with van der Waals surface area (Å²) in [4.78, 5) is 7.13. The standard InChI is InChI=1S/C10H5F3N4/c11-10(12,13)8-2-1-7(5-14)9(16-8)17-4-3-15-6-17/h1-4,6H. The fourth-order valence-corrected chi connectivity index (χ4v) is 1.27. The summed E-state index contributed by atoms with van der Waals surface area (Å²) in [5.74, 6) is -0.0835. The zero-order valence-corrected chi connectivity index (χ0v) is 8.31. The summed E-state index contributed by atoms with van der Waals surface area (Å²) >= 11 is 0. The summed E-state index contributed by atoms with van der Waals surface area (Å²) in [6, 6.07) is 3.65. The van der Waals surface area contributed by atoms with E-state index in [2.05, 4.69) is 9.97 Å². The van der Waals surface area contributed by atoms with E-state index in [0.29, 0.717) is 0 Å². The SMILES string of the molecule is N#Cc1ccc(C(F)(F)F)nc1-n1ccnc1. The second kappa shape index (κ2) is 3.90. The molecule has 4 nitrogen and oxygen atoms in total. The van der Waals surface area contributed by atoms with Crippen molar-refractivity contribution in [2.45, 2.75) is 6.18 Å². The van der Waals surface area contributed by atoms with Gasteiger partial charge in [-0.1, -0.05) is 0 Å². The van der Waals surface area contributed by atoms with Crippen LogP contribution in [0.1, 0.15) is 11.3 Å². The molecule has 2 rings (SSSR count). The number of nitrogens with zero attached hydrogens (tertiary/aromatic N) is 4. The fraction of sp³-hybridized carbons (Fsp3) is 0.100. The number of hydrogen-bond acceptors (Lipinski definition) is 3. The van der Waals surface area contributed by atoms with Gasteiger partial charge in [-0.25, -0.2) is 9.97 Å². The summed E-state index contributed by atoms with van der Waals surface area (Å²) in [7, 11) is 0. The molecule has 0 unspecified atom stereocenters. The van der Waals surface area contributed by atoms with Crippen molar-refractivity contribution >= 4 is 0 Å². The number of aromatic nitrogens is 3. The van der Waals surface area contributed by atoms with Gasteiger partial charge in [0.1, 0.15) is 18.1 Å². The largest absolute Gasteiger partial charge is 0.433 e.